The summed E-state index contributed by atoms with van der Waals surface area (Å²) in [5.41, 5.74) is -1.71. The first-order chi connectivity index (χ1) is 5.24. The van der Waals surface area contributed by atoms with Crippen LogP contribution in [0.2, 0.25) is 0 Å². The maximum absolute atomic E-state index is 11.4. The second kappa shape index (κ2) is 3.24. The molecule has 0 unspecified atom stereocenters. The highest BCUT2D eigenvalue weighted by Gasteiger charge is 2.29. The maximum atomic E-state index is 11.4. The predicted molar refractivity (Wildman–Crippen MR) is 29.4 cm³/mol. The first-order valence-corrected chi connectivity index (χ1v) is 2.50. The van der Waals surface area contributed by atoms with Crippen molar-refractivity contribution in [1.29, 1.82) is 0 Å². The Bertz CT molecular complexity index is 224. The molecule has 0 aromatic rings. The lowest BCUT2D eigenvalue weighted by molar-refractivity contribution is -0.141. The van der Waals surface area contributed by atoms with Gasteiger partial charge in [0.25, 0.3) is 0 Å². The van der Waals surface area contributed by atoms with E-state index in [0.29, 0.717) is 0 Å². The molecule has 0 aliphatic heterocycles. The summed E-state index contributed by atoms with van der Waals surface area (Å²) in [5.74, 6) is -4.25. The van der Waals surface area contributed by atoms with Gasteiger partial charge < -0.3 is 10.2 Å². The molecule has 68 valence electrons. The fourth-order valence-corrected chi connectivity index (χ4v) is 0.379. The smallest absolute Gasteiger partial charge is 0.410 e. The molecule has 0 bridgehead atoms. The van der Waals surface area contributed by atoms with Gasteiger partial charge in [-0.25, -0.2) is 9.59 Å². The number of rotatable bonds is 2. The lowest BCUT2D eigenvalue weighted by Gasteiger charge is -1.99. The zero-order chi connectivity index (χ0) is 9.94. The molecular formula is C5H3F3O4. The molecule has 0 amide bonds. The summed E-state index contributed by atoms with van der Waals surface area (Å²) in [6, 6.07) is 0. The van der Waals surface area contributed by atoms with Crippen molar-refractivity contribution in [2.24, 2.45) is 0 Å². The molecule has 2 N–H and O–H groups in total. The Kier molecular flexibility index (Phi) is 2.83. The first kappa shape index (κ1) is 10.5. The monoisotopic (exact) mass is 184 g/mol. The van der Waals surface area contributed by atoms with E-state index in [1.165, 1.54) is 0 Å². The third kappa shape index (κ3) is 3.59. The second-order valence-corrected chi connectivity index (χ2v) is 1.71. The highest BCUT2D eigenvalue weighted by atomic mass is 19.4. The minimum absolute atomic E-state index is 0.780. The summed E-state index contributed by atoms with van der Waals surface area (Å²) >= 11 is 0. The van der Waals surface area contributed by atoms with E-state index in [2.05, 4.69) is 0 Å². The average Bonchev–Trinajstić information content (AvgIpc) is 1.79. The van der Waals surface area contributed by atoms with Crippen molar-refractivity contribution in [3.63, 3.8) is 0 Å². The molecule has 0 saturated heterocycles. The summed E-state index contributed by atoms with van der Waals surface area (Å²) < 4.78 is 34.3. The number of carbonyl (C=O) groups is 2. The molecule has 0 spiro atoms. The van der Waals surface area contributed by atoms with E-state index < -0.39 is 29.8 Å². The van der Waals surface area contributed by atoms with Gasteiger partial charge in [-0.2, -0.15) is 13.2 Å². The maximum Gasteiger partial charge on any atom is 0.410 e. The number of hydrogen-bond donors (Lipinski definition) is 2. The molecular weight excluding hydrogens is 181 g/mol. The van der Waals surface area contributed by atoms with Crippen LogP contribution in [0, 0.1) is 0 Å². The number of hydrogen-bond acceptors (Lipinski definition) is 2. The second-order valence-electron chi connectivity index (χ2n) is 1.71. The van der Waals surface area contributed by atoms with Crippen LogP contribution in [-0.2, 0) is 9.59 Å². The normalized spacial score (nSPS) is 10.6. The van der Waals surface area contributed by atoms with Crippen LogP contribution in [-0.4, -0.2) is 28.3 Å². The number of alkyl halides is 3. The molecule has 0 radical (unpaired) electrons. The average molecular weight is 184 g/mol. The highest BCUT2D eigenvalue weighted by Crippen LogP contribution is 2.18. The molecule has 7 heteroatoms. The fraction of sp³-hybridized carbons (Fsp3) is 0.200. The highest BCUT2D eigenvalue weighted by molar-refractivity contribution is 6.12. The SMILES string of the molecule is O=C(O)C(=CC(F)(F)F)C(=O)O. The number of carboxylic acids is 2. The van der Waals surface area contributed by atoms with Crippen molar-refractivity contribution in [3.05, 3.63) is 11.6 Å². The van der Waals surface area contributed by atoms with Crippen LogP contribution in [0.1, 0.15) is 0 Å². The summed E-state index contributed by atoms with van der Waals surface area (Å²) in [4.78, 5) is 19.7. The zero-order valence-electron chi connectivity index (χ0n) is 5.42. The van der Waals surface area contributed by atoms with Gasteiger partial charge >= 0.3 is 18.1 Å². The van der Waals surface area contributed by atoms with Crippen molar-refractivity contribution in [3.8, 4) is 0 Å². The van der Waals surface area contributed by atoms with Crippen LogP contribution in [0.15, 0.2) is 11.6 Å². The Hall–Kier alpha value is -1.53. The van der Waals surface area contributed by atoms with Crippen LogP contribution < -0.4 is 0 Å². The van der Waals surface area contributed by atoms with Crippen LogP contribution >= 0.6 is 0 Å². The first-order valence-electron chi connectivity index (χ1n) is 2.50. The fourth-order valence-electron chi connectivity index (χ4n) is 0.379. The summed E-state index contributed by atoms with van der Waals surface area (Å²) in [7, 11) is 0. The Labute approximate surface area is 63.9 Å². The van der Waals surface area contributed by atoms with Crippen molar-refractivity contribution in [2.75, 3.05) is 0 Å². The molecule has 0 aliphatic carbocycles. The number of carboxylic acid groups (broad SMARTS) is 2. The predicted octanol–water partition coefficient (Wildman–Crippen LogP) is 0.644. The van der Waals surface area contributed by atoms with Crippen molar-refractivity contribution in [1.82, 2.24) is 0 Å². The quantitative estimate of drug-likeness (QED) is 0.375. The Balaban J connectivity index is 4.88. The van der Waals surface area contributed by atoms with Gasteiger partial charge in [0.1, 0.15) is 5.57 Å². The number of allylic oxidation sites excluding steroid dienone is 1. The molecule has 12 heavy (non-hydrogen) atoms. The number of aliphatic carboxylic acids is 2. The molecule has 0 heterocycles. The molecule has 0 fully saturated rings. The van der Waals surface area contributed by atoms with Gasteiger partial charge in [0, 0.05) is 6.08 Å². The third-order valence-corrected chi connectivity index (χ3v) is 0.769. The van der Waals surface area contributed by atoms with E-state index in [0.717, 1.165) is 0 Å². The third-order valence-electron chi connectivity index (χ3n) is 0.769. The minimum Gasteiger partial charge on any atom is -0.477 e. The molecule has 0 aliphatic rings. The summed E-state index contributed by atoms with van der Waals surface area (Å²) in [5, 5.41) is 15.9. The summed E-state index contributed by atoms with van der Waals surface area (Å²) in [6.45, 7) is 0. The van der Waals surface area contributed by atoms with Gasteiger partial charge in [-0.1, -0.05) is 0 Å². The van der Waals surface area contributed by atoms with Gasteiger partial charge in [0.05, 0.1) is 0 Å². The Morgan fingerprint density at radius 2 is 1.42 bits per heavy atom. The summed E-state index contributed by atoms with van der Waals surface area (Å²) in [6.07, 6.45) is -5.72. The number of halogens is 3. The van der Waals surface area contributed by atoms with Gasteiger partial charge in [-0.05, 0) is 0 Å². The van der Waals surface area contributed by atoms with Crippen LogP contribution in [0.4, 0.5) is 13.2 Å². The van der Waals surface area contributed by atoms with E-state index in [1.807, 2.05) is 0 Å². The Morgan fingerprint density at radius 1 is 1.08 bits per heavy atom. The van der Waals surface area contributed by atoms with E-state index in [-0.39, 0.29) is 0 Å². The standard InChI is InChI=1S/C5H3F3O4/c6-5(7,8)1-2(3(9)10)4(11)12/h1H,(H,9,10)(H,11,12). The molecule has 0 rings (SSSR count). The largest absolute Gasteiger partial charge is 0.477 e. The van der Waals surface area contributed by atoms with Crippen molar-refractivity contribution < 1.29 is 33.0 Å². The van der Waals surface area contributed by atoms with Gasteiger partial charge in [0.15, 0.2) is 0 Å². The van der Waals surface area contributed by atoms with E-state index >= 15 is 0 Å². The molecule has 4 nitrogen and oxygen atoms in total. The van der Waals surface area contributed by atoms with E-state index in [9.17, 15) is 22.8 Å². The molecule has 0 saturated carbocycles. The van der Waals surface area contributed by atoms with Gasteiger partial charge in [-0.15, -0.1) is 0 Å². The molecule has 0 aromatic carbocycles. The zero-order valence-corrected chi connectivity index (χ0v) is 5.42. The van der Waals surface area contributed by atoms with Gasteiger partial charge in [-0.3, -0.25) is 0 Å². The lowest BCUT2D eigenvalue weighted by Crippen LogP contribution is -2.15. The van der Waals surface area contributed by atoms with E-state index in [1.54, 1.807) is 0 Å². The van der Waals surface area contributed by atoms with Gasteiger partial charge in [0.2, 0.25) is 0 Å². The van der Waals surface area contributed by atoms with Crippen LogP contribution in [0.25, 0.3) is 0 Å². The van der Waals surface area contributed by atoms with Crippen LogP contribution in [0.5, 0.6) is 0 Å². The minimum atomic E-state index is -4.94. The Morgan fingerprint density at radius 3 is 1.50 bits per heavy atom. The lowest BCUT2D eigenvalue weighted by atomic mass is 10.2. The van der Waals surface area contributed by atoms with E-state index in [4.69, 9.17) is 10.2 Å². The topological polar surface area (TPSA) is 74.6 Å². The van der Waals surface area contributed by atoms with Crippen LogP contribution in [0.3, 0.4) is 0 Å². The van der Waals surface area contributed by atoms with Crippen molar-refractivity contribution >= 4 is 11.9 Å². The molecule has 0 atom stereocenters. The van der Waals surface area contributed by atoms with Crippen molar-refractivity contribution in [2.45, 2.75) is 6.18 Å². The molecule has 0 aromatic heterocycles.